The Kier molecular flexibility index (Phi) is 8.38. The van der Waals surface area contributed by atoms with Crippen LogP contribution in [0.4, 0.5) is 5.69 Å². The van der Waals surface area contributed by atoms with Gasteiger partial charge in [-0.1, -0.05) is 31.1 Å². The highest BCUT2D eigenvalue weighted by Gasteiger charge is 2.45. The molecule has 0 bridgehead atoms. The maximum Gasteiger partial charge on any atom is 0.335 e. The standard InChI is InChI=1S/C25H31N2O7P/c1-5-25(6-2,35(29,30)31)19-9-11-20(12-10-19)27-23(28)14-8-18-16-26-34-24(18)17-7-13-21(32-3)22(15-17)33-4/h7,9-13,15-16H,5-6,8,14H2,1-4H3,(H,27,28)(H2,29,30,31). The second kappa shape index (κ2) is 11.1. The smallest absolute Gasteiger partial charge is 0.335 e. The van der Waals surface area contributed by atoms with E-state index < -0.39 is 12.8 Å². The van der Waals surface area contributed by atoms with Crippen LogP contribution in [0.5, 0.6) is 11.5 Å². The van der Waals surface area contributed by atoms with E-state index in [0.29, 0.717) is 47.8 Å². The molecule has 0 spiro atoms. The highest BCUT2D eigenvalue weighted by molar-refractivity contribution is 7.53. The predicted molar refractivity (Wildman–Crippen MR) is 133 cm³/mol. The Morgan fingerprint density at radius 2 is 1.71 bits per heavy atom. The van der Waals surface area contributed by atoms with Gasteiger partial charge >= 0.3 is 7.60 Å². The van der Waals surface area contributed by atoms with E-state index in [0.717, 1.165) is 11.1 Å². The Hall–Kier alpha value is -3.13. The molecule has 2 aromatic carbocycles. The van der Waals surface area contributed by atoms with Crippen molar-refractivity contribution in [2.45, 2.75) is 44.7 Å². The molecule has 3 rings (SSSR count). The van der Waals surface area contributed by atoms with Gasteiger partial charge in [-0.05, 0) is 55.2 Å². The zero-order chi connectivity index (χ0) is 25.6. The first-order valence-corrected chi connectivity index (χ1v) is 12.9. The summed E-state index contributed by atoms with van der Waals surface area (Å²) < 4.78 is 28.2. The van der Waals surface area contributed by atoms with E-state index in [4.69, 9.17) is 14.0 Å². The molecule has 0 fully saturated rings. The fourth-order valence-corrected chi connectivity index (χ4v) is 5.54. The summed E-state index contributed by atoms with van der Waals surface area (Å²) in [6.07, 6.45) is 2.80. The van der Waals surface area contributed by atoms with Crippen molar-refractivity contribution >= 4 is 19.2 Å². The number of nitrogens with zero attached hydrogens (tertiary/aromatic N) is 1. The van der Waals surface area contributed by atoms with Crippen molar-refractivity contribution in [2.24, 2.45) is 0 Å². The molecule has 188 valence electrons. The van der Waals surface area contributed by atoms with Crippen LogP contribution in [-0.2, 0) is 20.9 Å². The van der Waals surface area contributed by atoms with Crippen LogP contribution in [0, 0.1) is 0 Å². The van der Waals surface area contributed by atoms with Crippen molar-refractivity contribution in [3.63, 3.8) is 0 Å². The zero-order valence-electron chi connectivity index (χ0n) is 20.3. The van der Waals surface area contributed by atoms with Gasteiger partial charge in [0.25, 0.3) is 0 Å². The Morgan fingerprint density at radius 3 is 2.29 bits per heavy atom. The number of amides is 1. The Labute approximate surface area is 204 Å². The number of anilines is 1. The minimum Gasteiger partial charge on any atom is -0.493 e. The van der Waals surface area contributed by atoms with Gasteiger partial charge in [-0.15, -0.1) is 0 Å². The van der Waals surface area contributed by atoms with E-state index in [-0.39, 0.29) is 12.3 Å². The molecule has 1 aromatic heterocycles. The summed E-state index contributed by atoms with van der Waals surface area (Å²) in [5.41, 5.74) is 2.64. The topological polar surface area (TPSA) is 131 Å². The number of carbonyl (C=O) groups excluding carboxylic acids is 1. The van der Waals surface area contributed by atoms with Gasteiger partial charge in [-0.25, -0.2) is 0 Å². The maximum atomic E-state index is 12.6. The Bertz CT molecular complexity index is 1200. The largest absolute Gasteiger partial charge is 0.493 e. The molecule has 3 aromatic rings. The van der Waals surface area contributed by atoms with Crippen LogP contribution in [0.2, 0.25) is 0 Å². The van der Waals surface area contributed by atoms with Gasteiger partial charge in [0, 0.05) is 23.2 Å². The van der Waals surface area contributed by atoms with E-state index in [2.05, 4.69) is 10.5 Å². The van der Waals surface area contributed by atoms with Gasteiger partial charge in [0.2, 0.25) is 5.91 Å². The van der Waals surface area contributed by atoms with Gasteiger partial charge in [0.15, 0.2) is 17.3 Å². The Balaban J connectivity index is 1.67. The number of hydrogen-bond acceptors (Lipinski definition) is 6. The average Bonchev–Trinajstić information content (AvgIpc) is 3.32. The van der Waals surface area contributed by atoms with Crippen molar-refractivity contribution < 1.29 is 33.1 Å². The first-order chi connectivity index (χ1) is 16.7. The van der Waals surface area contributed by atoms with Crippen LogP contribution >= 0.6 is 7.60 Å². The van der Waals surface area contributed by atoms with Crippen molar-refractivity contribution in [2.75, 3.05) is 19.5 Å². The minimum absolute atomic E-state index is 0.194. The lowest BCUT2D eigenvalue weighted by atomic mass is 9.92. The van der Waals surface area contributed by atoms with Gasteiger partial charge < -0.3 is 29.1 Å². The summed E-state index contributed by atoms with van der Waals surface area (Å²) in [6, 6.07) is 12.0. The fraction of sp³-hybridized carbons (Fsp3) is 0.360. The number of hydrogen-bond donors (Lipinski definition) is 3. The number of nitrogens with one attached hydrogen (secondary N) is 1. The van der Waals surface area contributed by atoms with Gasteiger partial charge in [0.1, 0.15) is 0 Å². The van der Waals surface area contributed by atoms with E-state index >= 15 is 0 Å². The van der Waals surface area contributed by atoms with E-state index in [9.17, 15) is 19.1 Å². The summed E-state index contributed by atoms with van der Waals surface area (Å²) in [6.45, 7) is 3.53. The summed E-state index contributed by atoms with van der Waals surface area (Å²) >= 11 is 0. The number of methoxy groups -OCH3 is 2. The molecule has 0 saturated carbocycles. The molecule has 0 aliphatic carbocycles. The monoisotopic (exact) mass is 502 g/mol. The summed E-state index contributed by atoms with van der Waals surface area (Å²) in [5.74, 6) is 1.50. The summed E-state index contributed by atoms with van der Waals surface area (Å²) in [5, 5.41) is 5.48. The third-order valence-electron chi connectivity index (χ3n) is 6.34. The fourth-order valence-electron chi connectivity index (χ4n) is 4.23. The van der Waals surface area contributed by atoms with Gasteiger partial charge in [0.05, 0.1) is 25.6 Å². The van der Waals surface area contributed by atoms with Crippen molar-refractivity contribution in [1.29, 1.82) is 0 Å². The third kappa shape index (κ3) is 5.59. The number of carbonyl (C=O) groups is 1. The molecular formula is C25H31N2O7P. The number of ether oxygens (including phenoxy) is 2. The van der Waals surface area contributed by atoms with Crippen molar-refractivity contribution in [3.8, 4) is 22.8 Å². The molecule has 0 saturated heterocycles. The highest BCUT2D eigenvalue weighted by atomic mass is 31.2. The molecule has 35 heavy (non-hydrogen) atoms. The molecule has 9 nitrogen and oxygen atoms in total. The van der Waals surface area contributed by atoms with Crippen LogP contribution in [0.25, 0.3) is 11.3 Å². The summed E-state index contributed by atoms with van der Waals surface area (Å²) in [4.78, 5) is 32.4. The van der Waals surface area contributed by atoms with E-state index in [1.54, 1.807) is 70.7 Å². The van der Waals surface area contributed by atoms with Gasteiger partial charge in [-0.3, -0.25) is 9.36 Å². The molecule has 0 aliphatic heterocycles. The lowest BCUT2D eigenvalue weighted by Gasteiger charge is -2.33. The second-order valence-corrected chi connectivity index (χ2v) is 10.1. The van der Waals surface area contributed by atoms with E-state index in [1.807, 2.05) is 6.07 Å². The van der Waals surface area contributed by atoms with Gasteiger partial charge in [-0.2, -0.15) is 0 Å². The molecule has 1 heterocycles. The second-order valence-electron chi connectivity index (χ2n) is 8.16. The van der Waals surface area contributed by atoms with Crippen molar-refractivity contribution in [1.82, 2.24) is 5.16 Å². The van der Waals surface area contributed by atoms with Crippen LogP contribution in [0.1, 0.15) is 44.2 Å². The predicted octanol–water partition coefficient (Wildman–Crippen LogP) is 5.12. The van der Waals surface area contributed by atoms with Crippen LogP contribution in [0.15, 0.2) is 53.2 Å². The molecule has 1 amide bonds. The molecule has 0 aliphatic rings. The number of aromatic nitrogens is 1. The van der Waals surface area contributed by atoms with Crippen LogP contribution in [0.3, 0.4) is 0 Å². The molecule has 0 unspecified atom stereocenters. The van der Waals surface area contributed by atoms with Crippen LogP contribution in [-0.4, -0.2) is 35.1 Å². The Morgan fingerprint density at radius 1 is 1.06 bits per heavy atom. The first-order valence-electron chi connectivity index (χ1n) is 11.3. The summed E-state index contributed by atoms with van der Waals surface area (Å²) in [7, 11) is -1.25. The number of rotatable bonds is 11. The molecule has 0 atom stereocenters. The lowest BCUT2D eigenvalue weighted by molar-refractivity contribution is -0.116. The first kappa shape index (κ1) is 26.5. The molecular weight excluding hydrogens is 471 g/mol. The zero-order valence-corrected chi connectivity index (χ0v) is 21.2. The molecule has 10 heteroatoms. The van der Waals surface area contributed by atoms with E-state index in [1.165, 1.54) is 0 Å². The number of benzene rings is 2. The SMILES string of the molecule is CCC(CC)(c1ccc(NC(=O)CCc2cnoc2-c2ccc(OC)c(OC)c2)cc1)P(=O)(O)O. The normalized spacial score (nSPS) is 11.8. The van der Waals surface area contributed by atoms with Crippen molar-refractivity contribution in [3.05, 3.63) is 59.8 Å². The number of aryl methyl sites for hydroxylation is 1. The minimum atomic E-state index is -4.37. The third-order valence-corrected chi connectivity index (χ3v) is 8.35. The van der Waals surface area contributed by atoms with Crippen LogP contribution < -0.4 is 14.8 Å². The molecule has 3 N–H and O–H groups in total. The quantitative estimate of drug-likeness (QED) is 0.308. The average molecular weight is 503 g/mol. The maximum absolute atomic E-state index is 12.6. The molecule has 0 radical (unpaired) electrons. The lowest BCUT2D eigenvalue weighted by Crippen LogP contribution is -2.24. The highest BCUT2D eigenvalue weighted by Crippen LogP contribution is 2.60.